The maximum atomic E-state index is 13.3. The molecule has 0 saturated carbocycles. The molecular weight excluding hydrogens is 319 g/mol. The van der Waals surface area contributed by atoms with Crippen LogP contribution in [0.4, 0.5) is 4.39 Å². The number of sulfonamides is 1. The lowest BCUT2D eigenvalue weighted by Gasteiger charge is -2.35. The lowest BCUT2D eigenvalue weighted by Crippen LogP contribution is -2.52. The third kappa shape index (κ3) is 4.51. The predicted octanol–water partition coefficient (Wildman–Crippen LogP) is 1.99. The van der Waals surface area contributed by atoms with Gasteiger partial charge in [-0.15, -0.1) is 0 Å². The van der Waals surface area contributed by atoms with Gasteiger partial charge in [-0.1, -0.05) is 18.6 Å². The van der Waals surface area contributed by atoms with Crippen molar-refractivity contribution < 1.29 is 17.6 Å². The monoisotopic (exact) mass is 342 g/mol. The molecule has 1 atom stereocenters. The lowest BCUT2D eigenvalue weighted by molar-refractivity contribution is -0.136. The Balaban J connectivity index is 2.17. The van der Waals surface area contributed by atoms with Crippen LogP contribution in [-0.4, -0.2) is 48.9 Å². The average Bonchev–Trinajstić information content (AvgIpc) is 2.51. The summed E-state index contributed by atoms with van der Waals surface area (Å²) in [5, 5.41) is 0. The lowest BCUT2D eigenvalue weighted by atomic mass is 10.0. The molecule has 2 rings (SSSR count). The first-order chi connectivity index (χ1) is 10.8. The van der Waals surface area contributed by atoms with Crippen LogP contribution in [0, 0.1) is 5.82 Å². The Kier molecular flexibility index (Phi) is 5.75. The molecule has 0 aliphatic carbocycles. The van der Waals surface area contributed by atoms with Crippen LogP contribution >= 0.6 is 0 Å². The Morgan fingerprint density at radius 2 is 2.13 bits per heavy atom. The smallest absolute Gasteiger partial charge is 0.241 e. The number of carbonyl (C=O) groups excluding carboxylic acids is 1. The molecule has 0 radical (unpaired) electrons. The predicted molar refractivity (Wildman–Crippen MR) is 86.7 cm³/mol. The number of carbonyl (C=O) groups is 1. The minimum absolute atomic E-state index is 0.207. The highest BCUT2D eigenvalue weighted by atomic mass is 32.2. The van der Waals surface area contributed by atoms with Crippen LogP contribution in [0.3, 0.4) is 0 Å². The molecule has 128 valence electrons. The van der Waals surface area contributed by atoms with Crippen LogP contribution in [0.15, 0.2) is 24.3 Å². The zero-order valence-corrected chi connectivity index (χ0v) is 14.4. The first kappa shape index (κ1) is 17.9. The van der Waals surface area contributed by atoms with Crippen LogP contribution in [0.5, 0.6) is 0 Å². The number of halogens is 1. The van der Waals surface area contributed by atoms with Crippen LogP contribution in [-0.2, 0) is 21.4 Å². The molecule has 5 nitrogen and oxygen atoms in total. The van der Waals surface area contributed by atoms with Gasteiger partial charge in [0.1, 0.15) is 11.9 Å². The van der Waals surface area contributed by atoms with E-state index in [1.807, 2.05) is 6.92 Å². The normalized spacial score (nSPS) is 19.5. The third-order valence-corrected chi connectivity index (χ3v) is 5.41. The second kappa shape index (κ2) is 7.40. The van der Waals surface area contributed by atoms with E-state index in [1.165, 1.54) is 16.4 Å². The summed E-state index contributed by atoms with van der Waals surface area (Å²) < 4.78 is 38.4. The summed E-state index contributed by atoms with van der Waals surface area (Å²) >= 11 is 0. The molecule has 0 spiro atoms. The number of benzene rings is 1. The van der Waals surface area contributed by atoms with Gasteiger partial charge < -0.3 is 4.90 Å². The van der Waals surface area contributed by atoms with Crippen molar-refractivity contribution in [3.63, 3.8) is 0 Å². The van der Waals surface area contributed by atoms with Gasteiger partial charge in [-0.2, -0.15) is 4.31 Å². The Labute approximate surface area is 137 Å². The first-order valence-electron chi connectivity index (χ1n) is 7.83. The van der Waals surface area contributed by atoms with E-state index in [1.54, 1.807) is 17.0 Å². The molecule has 0 bridgehead atoms. The Morgan fingerprint density at radius 3 is 2.74 bits per heavy atom. The molecule has 1 saturated heterocycles. The number of hydrogen-bond acceptors (Lipinski definition) is 3. The molecule has 1 aromatic rings. The molecule has 23 heavy (non-hydrogen) atoms. The molecule has 0 N–H and O–H groups in total. The zero-order chi connectivity index (χ0) is 17.0. The van der Waals surface area contributed by atoms with Crippen LogP contribution in [0.1, 0.15) is 31.7 Å². The van der Waals surface area contributed by atoms with Gasteiger partial charge in [0, 0.05) is 19.6 Å². The van der Waals surface area contributed by atoms with Gasteiger partial charge in [-0.25, -0.2) is 12.8 Å². The van der Waals surface area contributed by atoms with Crippen LogP contribution < -0.4 is 0 Å². The standard InChI is InChI=1S/C16H23FN2O3S/c1-3-18(12-13-7-6-8-14(17)11-13)16(20)15-9-4-5-10-19(15)23(2,21)22/h6-8,11,15H,3-5,9-10,12H2,1-2H3. The van der Waals surface area contributed by atoms with Crippen molar-refractivity contribution in [3.05, 3.63) is 35.6 Å². The highest BCUT2D eigenvalue weighted by Crippen LogP contribution is 2.22. The van der Waals surface area contributed by atoms with Gasteiger partial charge in [-0.3, -0.25) is 4.79 Å². The number of likely N-dealkylation sites (N-methyl/N-ethyl adjacent to an activating group) is 1. The minimum Gasteiger partial charge on any atom is -0.337 e. The Morgan fingerprint density at radius 1 is 1.39 bits per heavy atom. The van der Waals surface area contributed by atoms with Crippen molar-refractivity contribution in [2.24, 2.45) is 0 Å². The fourth-order valence-electron chi connectivity index (χ4n) is 2.96. The number of rotatable bonds is 5. The van der Waals surface area contributed by atoms with E-state index in [2.05, 4.69) is 0 Å². The highest BCUT2D eigenvalue weighted by molar-refractivity contribution is 7.88. The summed E-state index contributed by atoms with van der Waals surface area (Å²) in [5.74, 6) is -0.552. The van der Waals surface area contributed by atoms with Crippen molar-refractivity contribution >= 4 is 15.9 Å². The van der Waals surface area contributed by atoms with E-state index in [4.69, 9.17) is 0 Å². The average molecular weight is 342 g/mol. The van der Waals surface area contributed by atoms with Crippen molar-refractivity contribution in [1.82, 2.24) is 9.21 Å². The minimum atomic E-state index is -3.42. The van der Waals surface area contributed by atoms with E-state index in [9.17, 15) is 17.6 Å². The van der Waals surface area contributed by atoms with Gasteiger partial charge in [0.25, 0.3) is 0 Å². The molecular formula is C16H23FN2O3S. The quantitative estimate of drug-likeness (QED) is 0.822. The van der Waals surface area contributed by atoms with E-state index in [0.717, 1.165) is 19.1 Å². The molecule has 1 fully saturated rings. The van der Waals surface area contributed by atoms with Gasteiger partial charge >= 0.3 is 0 Å². The fourth-order valence-corrected chi connectivity index (χ4v) is 4.08. The van der Waals surface area contributed by atoms with Gasteiger partial charge in [0.2, 0.25) is 15.9 Å². The van der Waals surface area contributed by atoms with Crippen molar-refractivity contribution in [1.29, 1.82) is 0 Å². The van der Waals surface area contributed by atoms with E-state index < -0.39 is 16.1 Å². The van der Waals surface area contributed by atoms with Crippen LogP contribution in [0.25, 0.3) is 0 Å². The van der Waals surface area contributed by atoms with Crippen LogP contribution in [0.2, 0.25) is 0 Å². The topological polar surface area (TPSA) is 57.7 Å². The van der Waals surface area contributed by atoms with E-state index in [-0.39, 0.29) is 18.3 Å². The molecule has 1 heterocycles. The summed E-state index contributed by atoms with van der Waals surface area (Å²) in [4.78, 5) is 14.4. The number of amides is 1. The van der Waals surface area contributed by atoms with E-state index >= 15 is 0 Å². The van der Waals surface area contributed by atoms with Gasteiger partial charge in [0.15, 0.2) is 0 Å². The molecule has 1 aromatic carbocycles. The molecule has 1 unspecified atom stereocenters. The molecule has 1 aliphatic rings. The SMILES string of the molecule is CCN(Cc1cccc(F)c1)C(=O)C1CCCCN1S(C)(=O)=O. The molecule has 0 aromatic heterocycles. The fraction of sp³-hybridized carbons (Fsp3) is 0.562. The van der Waals surface area contributed by atoms with Crippen molar-refractivity contribution in [2.75, 3.05) is 19.3 Å². The molecule has 7 heteroatoms. The zero-order valence-electron chi connectivity index (χ0n) is 13.5. The summed E-state index contributed by atoms with van der Waals surface area (Å²) in [6.07, 6.45) is 3.28. The Bertz CT molecular complexity index is 663. The Hall–Kier alpha value is -1.47. The molecule has 1 amide bonds. The maximum absolute atomic E-state index is 13.3. The summed E-state index contributed by atoms with van der Waals surface area (Å²) in [6.45, 7) is 2.95. The van der Waals surface area contributed by atoms with E-state index in [0.29, 0.717) is 25.1 Å². The second-order valence-electron chi connectivity index (χ2n) is 5.87. The van der Waals surface area contributed by atoms with Crippen molar-refractivity contribution in [2.45, 2.75) is 38.8 Å². The largest absolute Gasteiger partial charge is 0.337 e. The molecule has 1 aliphatic heterocycles. The number of hydrogen-bond donors (Lipinski definition) is 0. The summed E-state index contributed by atoms with van der Waals surface area (Å²) in [6, 6.07) is 5.46. The highest BCUT2D eigenvalue weighted by Gasteiger charge is 2.36. The first-order valence-corrected chi connectivity index (χ1v) is 9.68. The van der Waals surface area contributed by atoms with Crippen molar-refractivity contribution in [3.8, 4) is 0 Å². The van der Waals surface area contributed by atoms with Gasteiger partial charge in [-0.05, 0) is 37.5 Å². The maximum Gasteiger partial charge on any atom is 0.241 e. The van der Waals surface area contributed by atoms with Gasteiger partial charge in [0.05, 0.1) is 6.26 Å². The third-order valence-electron chi connectivity index (χ3n) is 4.12. The summed E-state index contributed by atoms with van der Waals surface area (Å²) in [7, 11) is -3.42. The number of piperidine rings is 1. The second-order valence-corrected chi connectivity index (χ2v) is 7.80. The number of nitrogens with zero attached hydrogens (tertiary/aromatic N) is 2. The summed E-state index contributed by atoms with van der Waals surface area (Å²) in [5.41, 5.74) is 0.696.